The maximum atomic E-state index is 11.9. The van der Waals surface area contributed by atoms with Crippen molar-refractivity contribution in [3.63, 3.8) is 0 Å². The van der Waals surface area contributed by atoms with Gasteiger partial charge < -0.3 is 16.2 Å². The van der Waals surface area contributed by atoms with Crippen LogP contribution in [-0.2, 0) is 11.2 Å². The fourth-order valence-corrected chi connectivity index (χ4v) is 2.79. The molecule has 1 aromatic heterocycles. The number of benzene rings is 2. The molecule has 1 amide bonds. The second kappa shape index (κ2) is 8.31. The predicted octanol–water partition coefficient (Wildman–Crippen LogP) is 2.58. The molecule has 7 heteroatoms. The van der Waals surface area contributed by atoms with Crippen LogP contribution in [0.1, 0.15) is 18.2 Å². The lowest BCUT2D eigenvalue weighted by Crippen LogP contribution is -2.38. The fourth-order valence-electron chi connectivity index (χ4n) is 2.79. The second-order valence-electron chi connectivity index (χ2n) is 6.06. The van der Waals surface area contributed by atoms with Crippen LogP contribution in [0.4, 0.5) is 5.69 Å². The molecule has 0 aliphatic rings. The second-order valence-corrected chi connectivity index (χ2v) is 6.06. The van der Waals surface area contributed by atoms with E-state index in [2.05, 4.69) is 18.3 Å². The van der Waals surface area contributed by atoms with E-state index >= 15 is 0 Å². The first kappa shape index (κ1) is 19.9. The first-order valence-corrected chi connectivity index (χ1v) is 8.29. The molecule has 138 valence electrons. The average Bonchev–Trinajstić information content (AvgIpc) is 2.99. The molecular formula is C19H23ClN4O2. The van der Waals surface area contributed by atoms with E-state index in [4.69, 9.17) is 15.9 Å². The van der Waals surface area contributed by atoms with Crippen LogP contribution in [-0.4, -0.2) is 33.4 Å². The van der Waals surface area contributed by atoms with Gasteiger partial charge in [-0.05, 0) is 49.2 Å². The highest BCUT2D eigenvalue weighted by Gasteiger charge is 2.15. The first-order valence-electron chi connectivity index (χ1n) is 8.29. The molecule has 26 heavy (non-hydrogen) atoms. The summed E-state index contributed by atoms with van der Waals surface area (Å²) in [7, 11) is 0. The van der Waals surface area contributed by atoms with Crippen LogP contribution in [0.15, 0.2) is 42.5 Å². The zero-order valence-electron chi connectivity index (χ0n) is 14.8. The number of nitrogens with one attached hydrogen (secondary N) is 1. The molecule has 0 bridgehead atoms. The van der Waals surface area contributed by atoms with Crippen molar-refractivity contribution >= 4 is 34.9 Å². The SMILES string of the molecule is CCc1nn(-c2cccc(C)c2)c2cc(NC(=O)C(N)CO)ccc12.Cl. The summed E-state index contributed by atoms with van der Waals surface area (Å²) < 4.78 is 1.89. The maximum Gasteiger partial charge on any atom is 0.243 e. The minimum Gasteiger partial charge on any atom is -0.394 e. The Labute approximate surface area is 158 Å². The van der Waals surface area contributed by atoms with Gasteiger partial charge in [-0.3, -0.25) is 4.79 Å². The maximum absolute atomic E-state index is 11.9. The fraction of sp³-hybridized carbons (Fsp3) is 0.263. The molecule has 0 aliphatic heterocycles. The molecule has 0 fully saturated rings. The monoisotopic (exact) mass is 374 g/mol. The molecule has 0 spiro atoms. The number of aliphatic hydroxyl groups is 1. The van der Waals surface area contributed by atoms with E-state index in [0.717, 1.165) is 34.3 Å². The van der Waals surface area contributed by atoms with Gasteiger partial charge in [-0.25, -0.2) is 4.68 Å². The van der Waals surface area contributed by atoms with Gasteiger partial charge in [-0.15, -0.1) is 12.4 Å². The topological polar surface area (TPSA) is 93.2 Å². The summed E-state index contributed by atoms with van der Waals surface area (Å²) in [5.41, 5.74) is 10.2. The Balaban J connectivity index is 0.00000243. The number of carbonyl (C=O) groups excluding carboxylic acids is 1. The first-order chi connectivity index (χ1) is 12.0. The number of hydrogen-bond acceptors (Lipinski definition) is 4. The molecule has 4 N–H and O–H groups in total. The number of amides is 1. The van der Waals surface area contributed by atoms with E-state index in [-0.39, 0.29) is 12.4 Å². The summed E-state index contributed by atoms with van der Waals surface area (Å²) in [5.74, 6) is -0.417. The standard InChI is InChI=1S/C19H22N4O2.ClH/c1-3-17-15-8-7-13(21-19(25)16(20)11-24)10-18(15)23(22-17)14-6-4-5-12(2)9-14;/h4-10,16,24H,3,11,20H2,1-2H3,(H,21,25);1H. The normalized spacial score (nSPS) is 11.8. The van der Waals surface area contributed by atoms with Gasteiger partial charge in [0, 0.05) is 11.1 Å². The highest BCUT2D eigenvalue weighted by molar-refractivity contribution is 5.97. The summed E-state index contributed by atoms with van der Waals surface area (Å²) in [5, 5.41) is 17.5. The van der Waals surface area contributed by atoms with Crippen molar-refractivity contribution in [1.82, 2.24) is 9.78 Å². The van der Waals surface area contributed by atoms with Crippen molar-refractivity contribution < 1.29 is 9.90 Å². The number of halogens is 1. The lowest BCUT2D eigenvalue weighted by Gasteiger charge is -2.10. The molecule has 3 rings (SSSR count). The molecule has 3 aromatic rings. The number of rotatable bonds is 5. The molecule has 1 heterocycles. The highest BCUT2D eigenvalue weighted by Crippen LogP contribution is 2.26. The van der Waals surface area contributed by atoms with E-state index in [9.17, 15) is 4.79 Å². The average molecular weight is 375 g/mol. The van der Waals surface area contributed by atoms with Crippen molar-refractivity contribution in [2.45, 2.75) is 26.3 Å². The van der Waals surface area contributed by atoms with Gasteiger partial charge in [0.25, 0.3) is 0 Å². The third-order valence-electron chi connectivity index (χ3n) is 4.14. The number of nitrogens with zero attached hydrogens (tertiary/aromatic N) is 2. The largest absolute Gasteiger partial charge is 0.394 e. The molecule has 6 nitrogen and oxygen atoms in total. The summed E-state index contributed by atoms with van der Waals surface area (Å²) >= 11 is 0. The Morgan fingerprint density at radius 2 is 2.08 bits per heavy atom. The van der Waals surface area contributed by atoms with Crippen molar-refractivity contribution in [3.05, 3.63) is 53.7 Å². The lowest BCUT2D eigenvalue weighted by atomic mass is 10.1. The molecule has 1 atom stereocenters. The van der Waals surface area contributed by atoms with Crippen molar-refractivity contribution in [2.75, 3.05) is 11.9 Å². The number of aromatic nitrogens is 2. The molecule has 0 radical (unpaired) electrons. The number of fused-ring (bicyclic) bond motifs is 1. The zero-order valence-corrected chi connectivity index (χ0v) is 15.6. The zero-order chi connectivity index (χ0) is 18.0. The van der Waals surface area contributed by atoms with Crippen LogP contribution < -0.4 is 11.1 Å². The quantitative estimate of drug-likeness (QED) is 0.639. The minimum atomic E-state index is -0.941. The van der Waals surface area contributed by atoms with E-state index < -0.39 is 18.6 Å². The minimum absolute atomic E-state index is 0. The summed E-state index contributed by atoms with van der Waals surface area (Å²) in [6.07, 6.45) is 0.816. The van der Waals surface area contributed by atoms with Crippen LogP contribution in [0, 0.1) is 6.92 Å². The van der Waals surface area contributed by atoms with Crippen LogP contribution >= 0.6 is 12.4 Å². The third-order valence-corrected chi connectivity index (χ3v) is 4.14. The van der Waals surface area contributed by atoms with E-state index in [1.54, 1.807) is 0 Å². The van der Waals surface area contributed by atoms with E-state index in [0.29, 0.717) is 5.69 Å². The number of carbonyl (C=O) groups is 1. The van der Waals surface area contributed by atoms with Crippen molar-refractivity contribution in [3.8, 4) is 5.69 Å². The predicted molar refractivity (Wildman–Crippen MR) is 106 cm³/mol. The van der Waals surface area contributed by atoms with Gasteiger partial charge in [-0.2, -0.15) is 5.10 Å². The van der Waals surface area contributed by atoms with Gasteiger partial charge in [0.2, 0.25) is 5.91 Å². The molecule has 0 aliphatic carbocycles. The summed E-state index contributed by atoms with van der Waals surface area (Å²) in [6.45, 7) is 3.71. The molecule has 2 aromatic carbocycles. The highest BCUT2D eigenvalue weighted by atomic mass is 35.5. The van der Waals surface area contributed by atoms with Crippen molar-refractivity contribution in [1.29, 1.82) is 0 Å². The van der Waals surface area contributed by atoms with Gasteiger partial charge in [0.05, 0.1) is 23.5 Å². The van der Waals surface area contributed by atoms with Gasteiger partial charge in [0.1, 0.15) is 6.04 Å². The Morgan fingerprint density at radius 3 is 2.73 bits per heavy atom. The molecular weight excluding hydrogens is 352 g/mol. The van der Waals surface area contributed by atoms with Crippen LogP contribution in [0.25, 0.3) is 16.6 Å². The molecule has 0 saturated carbocycles. The Morgan fingerprint density at radius 1 is 1.31 bits per heavy atom. The van der Waals surface area contributed by atoms with Crippen LogP contribution in [0.2, 0.25) is 0 Å². The molecule has 1 unspecified atom stereocenters. The Kier molecular flexibility index (Phi) is 6.37. The lowest BCUT2D eigenvalue weighted by molar-refractivity contribution is -0.118. The number of nitrogens with two attached hydrogens (primary N) is 1. The van der Waals surface area contributed by atoms with Crippen LogP contribution in [0.3, 0.4) is 0 Å². The van der Waals surface area contributed by atoms with Crippen LogP contribution in [0.5, 0.6) is 0 Å². The van der Waals surface area contributed by atoms with E-state index in [1.807, 2.05) is 48.0 Å². The van der Waals surface area contributed by atoms with Gasteiger partial charge >= 0.3 is 0 Å². The van der Waals surface area contributed by atoms with Gasteiger partial charge in [-0.1, -0.05) is 19.1 Å². The summed E-state index contributed by atoms with van der Waals surface area (Å²) in [4.78, 5) is 11.9. The van der Waals surface area contributed by atoms with Crippen molar-refractivity contribution in [2.24, 2.45) is 5.73 Å². The van der Waals surface area contributed by atoms with Gasteiger partial charge in [0.15, 0.2) is 0 Å². The number of hydrogen-bond donors (Lipinski definition) is 3. The number of anilines is 1. The smallest absolute Gasteiger partial charge is 0.243 e. The Hall–Kier alpha value is -2.41. The number of aliphatic hydroxyl groups excluding tert-OH is 1. The van der Waals surface area contributed by atoms with E-state index in [1.165, 1.54) is 0 Å². The molecule has 0 saturated heterocycles. The Bertz CT molecular complexity index is 923. The summed E-state index contributed by atoms with van der Waals surface area (Å²) in [6, 6.07) is 12.8. The third kappa shape index (κ3) is 3.88. The number of aryl methyl sites for hydroxylation is 2.